The predicted octanol–water partition coefficient (Wildman–Crippen LogP) is 1.96. The van der Waals surface area contributed by atoms with E-state index in [1.54, 1.807) is 13.8 Å². The molecule has 0 aromatic rings. The third-order valence-corrected chi connectivity index (χ3v) is 3.42. The van der Waals surface area contributed by atoms with Crippen LogP contribution in [0.5, 0.6) is 0 Å². The second-order valence-electron chi connectivity index (χ2n) is 4.16. The fourth-order valence-corrected chi connectivity index (χ4v) is 1.89. The first-order valence-electron chi connectivity index (χ1n) is 4.24. The number of allylic oxidation sites excluding steroid dienone is 2. The molecule has 2 atom stereocenters. The highest BCUT2D eigenvalue weighted by Gasteiger charge is 2.57. The van der Waals surface area contributed by atoms with Crippen LogP contribution in [0, 0.1) is 17.3 Å². The summed E-state index contributed by atoms with van der Waals surface area (Å²) in [4.78, 5) is 10.6. The number of hydrogen-bond donors (Lipinski definition) is 0. The summed E-state index contributed by atoms with van der Waals surface area (Å²) in [7, 11) is 0. The molecule has 0 aromatic carbocycles. The van der Waals surface area contributed by atoms with E-state index in [1.165, 1.54) is 0 Å². The van der Waals surface area contributed by atoms with Crippen LogP contribution < -0.4 is 5.11 Å². The summed E-state index contributed by atoms with van der Waals surface area (Å²) < 4.78 is 25.0. The summed E-state index contributed by atoms with van der Waals surface area (Å²) in [5.74, 6) is -2.60. The van der Waals surface area contributed by atoms with Crippen LogP contribution in [0.3, 0.4) is 0 Å². The van der Waals surface area contributed by atoms with Gasteiger partial charge in [0.15, 0.2) is 0 Å². The summed E-state index contributed by atoms with van der Waals surface area (Å²) in [5, 5.41) is 6.13. The molecule has 0 aliphatic heterocycles. The molecule has 1 saturated carbocycles. The van der Waals surface area contributed by atoms with Crippen molar-refractivity contribution in [3.63, 3.8) is 0 Å². The van der Waals surface area contributed by atoms with Gasteiger partial charge in [0, 0.05) is 11.9 Å². The van der Waals surface area contributed by atoms with Crippen molar-refractivity contribution in [1.29, 1.82) is 0 Å². The van der Waals surface area contributed by atoms with Crippen LogP contribution in [0.2, 0.25) is 0 Å². The maximum absolute atomic E-state index is 12.5. The first kappa shape index (κ1) is 12.7. The number of carbonyl (C=O) groups is 1. The highest BCUT2D eigenvalue weighted by atomic mass is 35.5. The van der Waals surface area contributed by atoms with E-state index in [1.807, 2.05) is 0 Å². The largest absolute Gasteiger partial charge is 0.550 e. The van der Waals surface area contributed by atoms with Gasteiger partial charge < -0.3 is 9.90 Å². The van der Waals surface area contributed by atoms with Crippen LogP contribution >= 0.6 is 23.2 Å². The van der Waals surface area contributed by atoms with E-state index in [2.05, 4.69) is 11.6 Å². The number of rotatable bonds is 3. The minimum atomic E-state index is -3.64. The Morgan fingerprint density at radius 1 is 1.53 bits per heavy atom. The highest BCUT2D eigenvalue weighted by Crippen LogP contribution is 2.59. The van der Waals surface area contributed by atoms with Crippen molar-refractivity contribution in [3.05, 3.63) is 11.1 Å². The monoisotopic (exact) mass is 257 g/mol. The molecule has 0 N–H and O–H groups in total. The molecule has 0 spiro atoms. The minimum absolute atomic E-state index is 0.556. The smallest absolute Gasteiger partial charge is 0.358 e. The zero-order valence-electron chi connectivity index (χ0n) is 8.06. The maximum Gasteiger partial charge on any atom is 0.358 e. The minimum Gasteiger partial charge on any atom is -0.550 e. The summed E-state index contributed by atoms with van der Waals surface area (Å²) >= 11 is 9.93. The van der Waals surface area contributed by atoms with E-state index in [0.29, 0.717) is 0 Å². The second kappa shape index (κ2) is 3.59. The molecule has 1 aliphatic carbocycles. The van der Waals surface area contributed by atoms with Gasteiger partial charge in [-0.2, -0.15) is 8.78 Å². The van der Waals surface area contributed by atoms with Gasteiger partial charge in [0.2, 0.25) is 0 Å². The van der Waals surface area contributed by atoms with Crippen molar-refractivity contribution in [1.82, 2.24) is 0 Å². The molecule has 6 heteroatoms. The number of carboxylic acids is 1. The molecule has 0 amide bonds. The Hall–Kier alpha value is -0.350. The lowest BCUT2D eigenvalue weighted by atomic mass is 10.1. The van der Waals surface area contributed by atoms with Gasteiger partial charge in [-0.3, -0.25) is 0 Å². The van der Waals surface area contributed by atoms with E-state index in [4.69, 9.17) is 11.6 Å². The molecule has 2 unspecified atom stereocenters. The Bertz CT molecular complexity index is 321. The van der Waals surface area contributed by atoms with E-state index in [0.717, 1.165) is 6.08 Å². The lowest BCUT2D eigenvalue weighted by Crippen LogP contribution is -2.26. The molecule has 15 heavy (non-hydrogen) atoms. The predicted molar refractivity (Wildman–Crippen MR) is 50.5 cm³/mol. The number of halogens is 4. The Kier molecular flexibility index (Phi) is 3.05. The second-order valence-corrected chi connectivity index (χ2v) is 5.04. The van der Waals surface area contributed by atoms with Crippen molar-refractivity contribution in [3.8, 4) is 0 Å². The van der Waals surface area contributed by atoms with Crippen LogP contribution in [0.1, 0.15) is 13.8 Å². The van der Waals surface area contributed by atoms with Gasteiger partial charge in [0.1, 0.15) is 0 Å². The van der Waals surface area contributed by atoms with E-state index >= 15 is 0 Å². The van der Waals surface area contributed by atoms with Crippen LogP contribution in [-0.2, 0) is 4.79 Å². The molecule has 1 aliphatic rings. The van der Waals surface area contributed by atoms with Crippen molar-refractivity contribution in [2.75, 3.05) is 0 Å². The molecule has 0 saturated heterocycles. The van der Waals surface area contributed by atoms with Gasteiger partial charge >= 0.3 is 5.38 Å². The van der Waals surface area contributed by atoms with Crippen molar-refractivity contribution >= 4 is 29.2 Å². The topological polar surface area (TPSA) is 40.1 Å². The summed E-state index contributed by atoms with van der Waals surface area (Å²) in [6.07, 6.45) is 0.995. The van der Waals surface area contributed by atoms with Gasteiger partial charge in [-0.1, -0.05) is 31.5 Å². The van der Waals surface area contributed by atoms with Crippen molar-refractivity contribution < 1.29 is 18.7 Å². The number of aliphatic carboxylic acids is 1. The third-order valence-electron chi connectivity index (χ3n) is 2.76. The quantitative estimate of drug-likeness (QED) is 0.726. The summed E-state index contributed by atoms with van der Waals surface area (Å²) in [6.45, 7) is 3.29. The Labute approximate surface area is 95.9 Å². The Morgan fingerprint density at radius 2 is 2.00 bits per heavy atom. The normalized spacial score (nSPS) is 30.1. The van der Waals surface area contributed by atoms with E-state index in [9.17, 15) is 18.7 Å². The van der Waals surface area contributed by atoms with E-state index < -0.39 is 33.6 Å². The first-order valence-corrected chi connectivity index (χ1v) is 4.99. The van der Waals surface area contributed by atoms with Crippen LogP contribution in [0.15, 0.2) is 11.1 Å². The molecule has 1 rings (SSSR count). The van der Waals surface area contributed by atoms with Gasteiger partial charge in [-0.15, -0.1) is 0 Å². The number of hydrogen-bond acceptors (Lipinski definition) is 2. The highest BCUT2D eigenvalue weighted by molar-refractivity contribution is 6.38. The number of carboxylic acid groups (broad SMARTS) is 1. The standard InChI is InChI=1S/C9H10Cl2F2O2/c1-8(2)4(6(8)7(14)15)3-5(10)9(11,12)13/h3-4,6H,1-2H3,(H,14,15)/p-1. The lowest BCUT2D eigenvalue weighted by molar-refractivity contribution is -0.309. The average Bonchev–Trinajstić information content (AvgIpc) is 2.50. The van der Waals surface area contributed by atoms with Crippen molar-refractivity contribution in [2.24, 2.45) is 17.3 Å². The van der Waals surface area contributed by atoms with Crippen LogP contribution in [0.4, 0.5) is 8.78 Å². The maximum atomic E-state index is 12.5. The van der Waals surface area contributed by atoms with Gasteiger partial charge in [-0.25, -0.2) is 0 Å². The Balaban J connectivity index is 2.83. The summed E-state index contributed by atoms with van der Waals surface area (Å²) in [6, 6.07) is 0. The van der Waals surface area contributed by atoms with Gasteiger partial charge in [-0.05, 0) is 22.9 Å². The molecular formula is C9H9Cl2F2O2-. The average molecular weight is 258 g/mol. The van der Waals surface area contributed by atoms with Gasteiger partial charge in [0.25, 0.3) is 0 Å². The number of alkyl halides is 3. The first-order chi connectivity index (χ1) is 6.58. The molecule has 0 radical (unpaired) electrons. The molecule has 0 bridgehead atoms. The third kappa shape index (κ3) is 2.42. The molecule has 2 nitrogen and oxygen atoms in total. The van der Waals surface area contributed by atoms with Crippen LogP contribution in [-0.4, -0.2) is 11.4 Å². The zero-order chi connectivity index (χ0) is 12.0. The molecule has 0 heterocycles. The fraction of sp³-hybridized carbons (Fsp3) is 0.667. The summed E-state index contributed by atoms with van der Waals surface area (Å²) in [5.41, 5.74) is -0.610. The zero-order valence-corrected chi connectivity index (χ0v) is 9.57. The number of carbonyl (C=O) groups excluding carboxylic acids is 1. The molecular weight excluding hydrogens is 249 g/mol. The Morgan fingerprint density at radius 3 is 2.27 bits per heavy atom. The van der Waals surface area contributed by atoms with Crippen molar-refractivity contribution in [2.45, 2.75) is 19.2 Å². The molecule has 0 aromatic heterocycles. The van der Waals surface area contributed by atoms with Crippen LogP contribution in [0.25, 0.3) is 0 Å². The van der Waals surface area contributed by atoms with E-state index in [-0.39, 0.29) is 0 Å². The lowest BCUT2D eigenvalue weighted by Gasteiger charge is -2.05. The SMILES string of the molecule is CC1(C)C(C=C(Cl)C(F)(F)Cl)C1C(=O)[O-]. The molecule has 1 fully saturated rings. The molecule has 86 valence electrons. The fourth-order valence-electron chi connectivity index (χ4n) is 1.69. The van der Waals surface area contributed by atoms with Gasteiger partial charge in [0.05, 0.1) is 5.03 Å².